The first-order valence-corrected chi connectivity index (χ1v) is 10.4. The van der Waals surface area contributed by atoms with Crippen molar-refractivity contribution >= 4 is 11.7 Å². The van der Waals surface area contributed by atoms with Crippen LogP contribution in [0.1, 0.15) is 35.2 Å². The number of methoxy groups -OCH3 is 1. The largest absolute Gasteiger partial charge is 0.496 e. The highest BCUT2D eigenvalue weighted by atomic mass is 16.5. The lowest BCUT2D eigenvalue weighted by atomic mass is 10.1. The Bertz CT molecular complexity index is 799. The monoisotopic (exact) mass is 394 g/mol. The van der Waals surface area contributed by atoms with E-state index in [2.05, 4.69) is 11.0 Å². The number of Topliss-reactive ketones (excluding diaryl/α,β-unsaturated/α-hetero) is 1. The van der Waals surface area contributed by atoms with Gasteiger partial charge in [-0.25, -0.2) is 0 Å². The standard InChI is InChI=1S/C24H30N2O3/c1-29-23-12-6-5-10-21(23)14-15-25-16-18-26(19-17-25)24(28)13-7-11-22(27)20-8-3-2-4-9-20/h2-6,8-10,12H,7,11,13-19H2,1H3. The highest BCUT2D eigenvalue weighted by Gasteiger charge is 2.21. The molecule has 2 aromatic rings. The number of carbonyl (C=O) groups excluding carboxylic acids is 2. The Hall–Kier alpha value is -2.66. The summed E-state index contributed by atoms with van der Waals surface area (Å²) in [4.78, 5) is 28.9. The Labute approximate surface area is 173 Å². The van der Waals surface area contributed by atoms with E-state index in [9.17, 15) is 9.59 Å². The van der Waals surface area contributed by atoms with E-state index >= 15 is 0 Å². The van der Waals surface area contributed by atoms with E-state index < -0.39 is 0 Å². The van der Waals surface area contributed by atoms with Gasteiger partial charge in [0.25, 0.3) is 0 Å². The second-order valence-corrected chi connectivity index (χ2v) is 7.43. The minimum absolute atomic E-state index is 0.111. The number of nitrogens with zero attached hydrogens (tertiary/aromatic N) is 2. The SMILES string of the molecule is COc1ccccc1CCN1CCN(C(=O)CCCC(=O)c2ccccc2)CC1. The molecule has 29 heavy (non-hydrogen) atoms. The van der Waals surface area contributed by atoms with Crippen molar-refractivity contribution in [1.29, 1.82) is 0 Å². The van der Waals surface area contributed by atoms with Crippen molar-refractivity contribution in [3.63, 3.8) is 0 Å². The predicted molar refractivity (Wildman–Crippen MR) is 114 cm³/mol. The highest BCUT2D eigenvalue weighted by molar-refractivity contribution is 5.96. The molecule has 0 atom stereocenters. The van der Waals surface area contributed by atoms with Crippen LogP contribution >= 0.6 is 0 Å². The van der Waals surface area contributed by atoms with Gasteiger partial charge in [-0.2, -0.15) is 0 Å². The quantitative estimate of drug-likeness (QED) is 0.612. The molecule has 0 saturated carbocycles. The maximum Gasteiger partial charge on any atom is 0.222 e. The van der Waals surface area contributed by atoms with Crippen LogP contribution in [0.5, 0.6) is 5.75 Å². The molecule has 1 aliphatic rings. The molecule has 5 nitrogen and oxygen atoms in total. The van der Waals surface area contributed by atoms with E-state index in [1.807, 2.05) is 53.4 Å². The van der Waals surface area contributed by atoms with E-state index in [0.29, 0.717) is 19.3 Å². The topological polar surface area (TPSA) is 49.9 Å². The normalized spacial score (nSPS) is 14.6. The van der Waals surface area contributed by atoms with E-state index in [-0.39, 0.29) is 11.7 Å². The summed E-state index contributed by atoms with van der Waals surface area (Å²) in [5, 5.41) is 0. The maximum atomic E-state index is 12.5. The molecular weight excluding hydrogens is 364 g/mol. The van der Waals surface area contributed by atoms with Gasteiger partial charge < -0.3 is 9.64 Å². The van der Waals surface area contributed by atoms with Gasteiger partial charge in [0.05, 0.1) is 7.11 Å². The van der Waals surface area contributed by atoms with Gasteiger partial charge in [-0.15, -0.1) is 0 Å². The number of piperazine rings is 1. The van der Waals surface area contributed by atoms with Crippen molar-refractivity contribution in [2.24, 2.45) is 0 Å². The number of rotatable bonds is 9. The Morgan fingerprint density at radius 3 is 2.31 bits per heavy atom. The summed E-state index contributed by atoms with van der Waals surface area (Å²) in [5.41, 5.74) is 1.94. The Balaban J connectivity index is 1.35. The van der Waals surface area contributed by atoms with Crippen molar-refractivity contribution in [2.45, 2.75) is 25.7 Å². The van der Waals surface area contributed by atoms with Crippen molar-refractivity contribution in [1.82, 2.24) is 9.80 Å². The molecule has 1 heterocycles. The summed E-state index contributed by atoms with van der Waals surface area (Å²) >= 11 is 0. The average Bonchev–Trinajstić information content (AvgIpc) is 2.78. The van der Waals surface area contributed by atoms with Crippen LogP contribution < -0.4 is 4.74 Å². The number of ether oxygens (including phenoxy) is 1. The zero-order valence-corrected chi connectivity index (χ0v) is 17.2. The summed E-state index contributed by atoms with van der Waals surface area (Å²) in [7, 11) is 1.70. The fraction of sp³-hybridized carbons (Fsp3) is 0.417. The van der Waals surface area contributed by atoms with Gasteiger partial charge in [0.1, 0.15) is 5.75 Å². The Kier molecular flexibility index (Phi) is 7.82. The molecule has 0 aliphatic carbocycles. The van der Waals surface area contributed by atoms with Gasteiger partial charge in [0.15, 0.2) is 5.78 Å². The van der Waals surface area contributed by atoms with Gasteiger partial charge in [0, 0.05) is 51.1 Å². The fourth-order valence-corrected chi connectivity index (χ4v) is 3.74. The first-order valence-electron chi connectivity index (χ1n) is 10.4. The number of ketones is 1. The number of benzene rings is 2. The summed E-state index contributed by atoms with van der Waals surface area (Å²) < 4.78 is 5.42. The third kappa shape index (κ3) is 6.16. The summed E-state index contributed by atoms with van der Waals surface area (Å²) in [6.45, 7) is 4.27. The molecule has 1 fully saturated rings. The van der Waals surface area contributed by atoms with E-state index in [0.717, 1.165) is 50.5 Å². The molecule has 0 N–H and O–H groups in total. The van der Waals surface area contributed by atoms with Gasteiger partial charge in [-0.05, 0) is 24.5 Å². The minimum Gasteiger partial charge on any atom is -0.496 e. The van der Waals surface area contributed by atoms with Crippen LogP contribution in [0.4, 0.5) is 0 Å². The maximum absolute atomic E-state index is 12.5. The van der Waals surface area contributed by atoms with Crippen LogP contribution in [0.25, 0.3) is 0 Å². The zero-order valence-electron chi connectivity index (χ0n) is 17.2. The first-order chi connectivity index (χ1) is 14.2. The molecule has 3 rings (SSSR count). The number of hydrogen-bond donors (Lipinski definition) is 0. The van der Waals surface area contributed by atoms with E-state index in [4.69, 9.17) is 4.74 Å². The predicted octanol–water partition coefficient (Wildman–Crippen LogP) is 3.44. The second-order valence-electron chi connectivity index (χ2n) is 7.43. The number of para-hydroxylation sites is 1. The lowest BCUT2D eigenvalue weighted by Crippen LogP contribution is -2.49. The molecule has 1 amide bonds. The molecule has 0 bridgehead atoms. The van der Waals surface area contributed by atoms with Crippen molar-refractivity contribution < 1.29 is 14.3 Å². The van der Waals surface area contributed by atoms with Crippen LogP contribution in [0.3, 0.4) is 0 Å². The molecule has 0 aromatic heterocycles. The van der Waals surface area contributed by atoms with Crippen LogP contribution in [0.15, 0.2) is 54.6 Å². The third-order valence-corrected chi connectivity index (χ3v) is 5.51. The first kappa shape index (κ1) is 21.1. The second kappa shape index (κ2) is 10.8. The Morgan fingerprint density at radius 1 is 0.897 bits per heavy atom. The molecule has 1 aliphatic heterocycles. The summed E-state index contributed by atoms with van der Waals surface area (Å²) in [6, 6.07) is 17.4. The van der Waals surface area contributed by atoms with Crippen LogP contribution in [-0.2, 0) is 11.2 Å². The number of carbonyl (C=O) groups is 2. The van der Waals surface area contributed by atoms with Gasteiger partial charge >= 0.3 is 0 Å². The average molecular weight is 395 g/mol. The number of amides is 1. The fourth-order valence-electron chi connectivity index (χ4n) is 3.74. The molecule has 0 unspecified atom stereocenters. The van der Waals surface area contributed by atoms with Crippen molar-refractivity contribution in [3.8, 4) is 5.75 Å². The summed E-state index contributed by atoms with van der Waals surface area (Å²) in [6.07, 6.45) is 2.43. The smallest absolute Gasteiger partial charge is 0.222 e. The number of hydrogen-bond acceptors (Lipinski definition) is 4. The molecule has 0 radical (unpaired) electrons. The lowest BCUT2D eigenvalue weighted by molar-refractivity contribution is -0.133. The minimum atomic E-state index is 0.111. The van der Waals surface area contributed by atoms with Crippen LogP contribution in [0, 0.1) is 0 Å². The van der Waals surface area contributed by atoms with E-state index in [1.54, 1.807) is 7.11 Å². The lowest BCUT2D eigenvalue weighted by Gasteiger charge is -2.35. The molecule has 154 valence electrons. The highest BCUT2D eigenvalue weighted by Crippen LogP contribution is 2.18. The van der Waals surface area contributed by atoms with Crippen molar-refractivity contribution in [3.05, 3.63) is 65.7 Å². The van der Waals surface area contributed by atoms with Gasteiger partial charge in [0.2, 0.25) is 5.91 Å². The Morgan fingerprint density at radius 2 is 1.59 bits per heavy atom. The van der Waals surface area contributed by atoms with Gasteiger partial charge in [-0.1, -0.05) is 48.5 Å². The molecule has 1 saturated heterocycles. The summed E-state index contributed by atoms with van der Waals surface area (Å²) in [5.74, 6) is 1.21. The molecular formula is C24H30N2O3. The zero-order chi connectivity index (χ0) is 20.5. The molecule has 2 aromatic carbocycles. The van der Waals surface area contributed by atoms with E-state index in [1.165, 1.54) is 5.56 Å². The third-order valence-electron chi connectivity index (χ3n) is 5.51. The molecule has 0 spiro atoms. The van der Waals surface area contributed by atoms with Gasteiger partial charge in [-0.3, -0.25) is 14.5 Å². The van der Waals surface area contributed by atoms with Crippen LogP contribution in [0.2, 0.25) is 0 Å². The molecule has 5 heteroatoms. The van der Waals surface area contributed by atoms with Crippen molar-refractivity contribution in [2.75, 3.05) is 39.8 Å². The van der Waals surface area contributed by atoms with Crippen LogP contribution in [-0.4, -0.2) is 61.3 Å².